The van der Waals surface area contributed by atoms with Crippen molar-refractivity contribution in [1.29, 1.82) is 0 Å². The van der Waals surface area contributed by atoms with Gasteiger partial charge in [-0.25, -0.2) is 9.97 Å². The maximum absolute atomic E-state index is 4.95. The fourth-order valence-corrected chi connectivity index (χ4v) is 3.31. The highest BCUT2D eigenvalue weighted by molar-refractivity contribution is 5.91. The van der Waals surface area contributed by atoms with E-state index in [2.05, 4.69) is 56.1 Å². The number of nitrogens with zero attached hydrogens (tertiary/aromatic N) is 3. The number of fused-ring (bicyclic) bond motifs is 1. The number of aromatic nitrogens is 2. The van der Waals surface area contributed by atoms with E-state index in [1.54, 1.807) is 0 Å². The number of para-hydroxylation sites is 1. The SMILES string of the molecule is CC(N(C)c1nc(-c2ccccc2)nc2ccccc12)C1(C)CC1. The van der Waals surface area contributed by atoms with Gasteiger partial charge in [-0.05, 0) is 37.3 Å². The lowest BCUT2D eigenvalue weighted by Gasteiger charge is -2.32. The average molecular weight is 317 g/mol. The molecule has 0 saturated heterocycles. The van der Waals surface area contributed by atoms with Gasteiger partial charge in [0.25, 0.3) is 0 Å². The van der Waals surface area contributed by atoms with Crippen LogP contribution in [0.1, 0.15) is 26.7 Å². The highest BCUT2D eigenvalue weighted by Crippen LogP contribution is 2.50. The molecular formula is C21H23N3. The first-order valence-corrected chi connectivity index (χ1v) is 8.63. The Hall–Kier alpha value is -2.42. The molecule has 0 amide bonds. The highest BCUT2D eigenvalue weighted by Gasteiger charge is 2.44. The summed E-state index contributed by atoms with van der Waals surface area (Å²) in [6.07, 6.45) is 2.60. The van der Waals surface area contributed by atoms with Crippen LogP contribution in [-0.2, 0) is 0 Å². The minimum absolute atomic E-state index is 0.410. The zero-order valence-corrected chi connectivity index (χ0v) is 14.5. The smallest absolute Gasteiger partial charge is 0.162 e. The molecule has 1 saturated carbocycles. The first kappa shape index (κ1) is 15.1. The maximum Gasteiger partial charge on any atom is 0.162 e. The number of hydrogen-bond donors (Lipinski definition) is 0. The Bertz CT molecular complexity index is 869. The molecule has 1 aliphatic carbocycles. The Labute approximate surface area is 143 Å². The predicted octanol–water partition coefficient (Wildman–Crippen LogP) is 4.92. The van der Waals surface area contributed by atoms with Gasteiger partial charge in [-0.2, -0.15) is 0 Å². The van der Waals surface area contributed by atoms with E-state index in [9.17, 15) is 0 Å². The summed E-state index contributed by atoms with van der Waals surface area (Å²) in [5, 5.41) is 1.12. The van der Waals surface area contributed by atoms with Crippen LogP contribution in [0.4, 0.5) is 5.82 Å². The molecule has 1 aliphatic rings. The Morgan fingerprint density at radius 1 is 0.958 bits per heavy atom. The van der Waals surface area contributed by atoms with Gasteiger partial charge in [0.1, 0.15) is 5.82 Å². The standard InChI is InChI=1S/C21H23N3/c1-15(21(2)13-14-21)24(3)20-17-11-7-8-12-18(17)22-19(23-20)16-9-5-4-6-10-16/h4-12,15H,13-14H2,1-3H3. The third-order valence-corrected chi connectivity index (χ3v) is 5.58. The van der Waals surface area contributed by atoms with Gasteiger partial charge in [0.15, 0.2) is 5.82 Å². The minimum Gasteiger partial charge on any atom is -0.356 e. The summed E-state index contributed by atoms with van der Waals surface area (Å²) in [6.45, 7) is 4.68. The molecule has 3 heteroatoms. The zero-order valence-electron chi connectivity index (χ0n) is 14.5. The van der Waals surface area contributed by atoms with Gasteiger partial charge in [0.05, 0.1) is 5.52 Å². The first-order valence-electron chi connectivity index (χ1n) is 8.63. The number of benzene rings is 2. The summed E-state index contributed by atoms with van der Waals surface area (Å²) in [4.78, 5) is 12.1. The second-order valence-corrected chi connectivity index (χ2v) is 7.19. The van der Waals surface area contributed by atoms with Crippen LogP contribution in [0.15, 0.2) is 54.6 Å². The zero-order chi connectivity index (χ0) is 16.7. The van der Waals surface area contributed by atoms with Crippen molar-refractivity contribution in [3.8, 4) is 11.4 Å². The summed E-state index contributed by atoms with van der Waals surface area (Å²) in [5.41, 5.74) is 2.47. The van der Waals surface area contributed by atoms with Crippen molar-refractivity contribution in [2.45, 2.75) is 32.7 Å². The topological polar surface area (TPSA) is 29.0 Å². The molecule has 4 rings (SSSR count). The molecule has 1 aromatic heterocycles. The van der Waals surface area contributed by atoms with Crippen molar-refractivity contribution in [2.75, 3.05) is 11.9 Å². The molecule has 2 aromatic carbocycles. The van der Waals surface area contributed by atoms with Crippen LogP contribution in [0.25, 0.3) is 22.3 Å². The molecule has 0 spiro atoms. The first-order chi connectivity index (χ1) is 11.6. The second-order valence-electron chi connectivity index (χ2n) is 7.19. The third kappa shape index (κ3) is 2.54. The molecule has 1 unspecified atom stereocenters. The van der Waals surface area contributed by atoms with Gasteiger partial charge in [-0.3, -0.25) is 0 Å². The van der Waals surface area contributed by atoms with E-state index >= 15 is 0 Å². The van der Waals surface area contributed by atoms with Crippen molar-refractivity contribution in [2.24, 2.45) is 5.41 Å². The summed E-state index contributed by atoms with van der Waals surface area (Å²) in [5.74, 6) is 1.82. The lowest BCUT2D eigenvalue weighted by Crippen LogP contribution is -2.36. The van der Waals surface area contributed by atoms with E-state index < -0.39 is 0 Å². The van der Waals surface area contributed by atoms with Crippen LogP contribution in [0.3, 0.4) is 0 Å². The van der Waals surface area contributed by atoms with Crippen molar-refractivity contribution >= 4 is 16.7 Å². The summed E-state index contributed by atoms with van der Waals surface area (Å²) in [6, 6.07) is 19.0. The molecular weight excluding hydrogens is 294 g/mol. The third-order valence-electron chi connectivity index (χ3n) is 5.58. The van der Waals surface area contributed by atoms with Gasteiger partial charge in [0.2, 0.25) is 0 Å². The normalized spacial score (nSPS) is 16.8. The molecule has 0 radical (unpaired) electrons. The van der Waals surface area contributed by atoms with Gasteiger partial charge < -0.3 is 4.90 Å². The van der Waals surface area contributed by atoms with Crippen LogP contribution < -0.4 is 4.90 Å². The molecule has 0 aliphatic heterocycles. The fourth-order valence-electron chi connectivity index (χ4n) is 3.31. The fraction of sp³-hybridized carbons (Fsp3) is 0.333. The van der Waals surface area contributed by atoms with Crippen LogP contribution in [-0.4, -0.2) is 23.1 Å². The minimum atomic E-state index is 0.410. The molecule has 1 heterocycles. The molecule has 24 heavy (non-hydrogen) atoms. The van der Waals surface area contributed by atoms with Crippen molar-refractivity contribution in [3.05, 3.63) is 54.6 Å². The quantitative estimate of drug-likeness (QED) is 0.684. The van der Waals surface area contributed by atoms with Crippen molar-refractivity contribution < 1.29 is 0 Å². The molecule has 3 aromatic rings. The molecule has 122 valence electrons. The van der Waals surface area contributed by atoms with Gasteiger partial charge in [-0.15, -0.1) is 0 Å². The van der Waals surface area contributed by atoms with Gasteiger partial charge >= 0.3 is 0 Å². The summed E-state index contributed by atoms with van der Waals surface area (Å²) < 4.78 is 0. The van der Waals surface area contributed by atoms with Crippen LogP contribution in [0.5, 0.6) is 0 Å². The highest BCUT2D eigenvalue weighted by atomic mass is 15.2. The largest absolute Gasteiger partial charge is 0.356 e. The molecule has 3 nitrogen and oxygen atoms in total. The van der Waals surface area contributed by atoms with E-state index in [1.165, 1.54) is 12.8 Å². The lowest BCUT2D eigenvalue weighted by atomic mass is 9.99. The lowest BCUT2D eigenvalue weighted by molar-refractivity contribution is 0.446. The number of anilines is 1. The Balaban J connectivity index is 1.86. The summed E-state index contributed by atoms with van der Waals surface area (Å²) >= 11 is 0. The number of hydrogen-bond acceptors (Lipinski definition) is 3. The van der Waals surface area contributed by atoms with E-state index in [4.69, 9.17) is 9.97 Å². The van der Waals surface area contributed by atoms with Crippen LogP contribution in [0.2, 0.25) is 0 Å². The summed E-state index contributed by atoms with van der Waals surface area (Å²) in [7, 11) is 2.16. The van der Waals surface area contributed by atoms with Gasteiger partial charge in [0, 0.05) is 24.0 Å². The maximum atomic E-state index is 4.95. The number of rotatable bonds is 4. The monoisotopic (exact) mass is 317 g/mol. The van der Waals surface area contributed by atoms with Crippen LogP contribution >= 0.6 is 0 Å². The Morgan fingerprint density at radius 2 is 1.62 bits per heavy atom. The van der Waals surface area contributed by atoms with E-state index in [-0.39, 0.29) is 0 Å². The van der Waals surface area contributed by atoms with Gasteiger partial charge in [-0.1, -0.05) is 49.4 Å². The van der Waals surface area contributed by atoms with Crippen molar-refractivity contribution in [3.63, 3.8) is 0 Å². The molecule has 1 atom stereocenters. The molecule has 0 bridgehead atoms. The molecule has 0 N–H and O–H groups in total. The van der Waals surface area contributed by atoms with E-state index in [1.807, 2.05) is 24.3 Å². The van der Waals surface area contributed by atoms with E-state index in [0.29, 0.717) is 11.5 Å². The molecule has 1 fully saturated rings. The Morgan fingerprint density at radius 3 is 2.33 bits per heavy atom. The Kier molecular flexibility index (Phi) is 3.52. The van der Waals surface area contributed by atoms with E-state index in [0.717, 1.165) is 28.1 Å². The second kappa shape index (κ2) is 5.59. The van der Waals surface area contributed by atoms with Crippen molar-refractivity contribution in [1.82, 2.24) is 9.97 Å². The van der Waals surface area contributed by atoms with Crippen LogP contribution in [0, 0.1) is 5.41 Å². The average Bonchev–Trinajstić information content (AvgIpc) is 3.39. The predicted molar refractivity (Wildman–Crippen MR) is 100 cm³/mol.